The van der Waals surface area contributed by atoms with Crippen molar-refractivity contribution in [1.29, 1.82) is 0 Å². The van der Waals surface area contributed by atoms with Crippen LogP contribution >= 0.6 is 0 Å². The highest BCUT2D eigenvalue weighted by Gasteiger charge is 2.17. The minimum Gasteiger partial charge on any atom is -0.348 e. The summed E-state index contributed by atoms with van der Waals surface area (Å²) in [4.78, 5) is 27.1. The van der Waals surface area contributed by atoms with E-state index < -0.39 is 10.0 Å². The second-order valence-electron chi connectivity index (χ2n) is 6.58. The summed E-state index contributed by atoms with van der Waals surface area (Å²) in [6.45, 7) is 7.38. The Labute approximate surface area is 159 Å². The van der Waals surface area contributed by atoms with Crippen molar-refractivity contribution in [2.24, 2.45) is 0 Å². The number of hydrogen-bond acceptors (Lipinski definition) is 4. The number of rotatable bonds is 7. The van der Waals surface area contributed by atoms with E-state index in [1.807, 2.05) is 19.9 Å². The number of carbonyl (C=O) groups is 1. The van der Waals surface area contributed by atoms with Gasteiger partial charge in [-0.25, -0.2) is 13.1 Å². The summed E-state index contributed by atoms with van der Waals surface area (Å²) in [5.41, 5.74) is 2.14. The van der Waals surface area contributed by atoms with Crippen molar-refractivity contribution in [3.8, 4) is 0 Å². The normalized spacial score (nSPS) is 12.6. The summed E-state index contributed by atoms with van der Waals surface area (Å²) < 4.78 is 27.1. The van der Waals surface area contributed by atoms with Crippen LogP contribution in [0.4, 0.5) is 0 Å². The third-order valence-electron chi connectivity index (χ3n) is 4.32. The maximum atomic E-state index is 12.3. The van der Waals surface area contributed by atoms with Crippen LogP contribution in [0.1, 0.15) is 47.4 Å². The smallest absolute Gasteiger partial charge is 0.253 e. The van der Waals surface area contributed by atoms with Gasteiger partial charge >= 0.3 is 0 Å². The zero-order chi connectivity index (χ0) is 20.2. The van der Waals surface area contributed by atoms with Crippen LogP contribution in [0.25, 0.3) is 0 Å². The Morgan fingerprint density at radius 1 is 1.19 bits per heavy atom. The van der Waals surface area contributed by atoms with E-state index in [9.17, 15) is 18.0 Å². The van der Waals surface area contributed by atoms with Gasteiger partial charge in [0.25, 0.3) is 11.5 Å². The lowest BCUT2D eigenvalue weighted by molar-refractivity contribution is 0.0950. The zero-order valence-electron chi connectivity index (χ0n) is 15.9. The second-order valence-corrected chi connectivity index (χ2v) is 8.29. The van der Waals surface area contributed by atoms with Crippen molar-refractivity contribution in [3.05, 3.63) is 63.1 Å². The summed E-state index contributed by atoms with van der Waals surface area (Å²) in [6, 6.07) is 7.35. The number of aromatic nitrogens is 1. The lowest BCUT2D eigenvalue weighted by Gasteiger charge is -2.12. The Morgan fingerprint density at radius 3 is 2.37 bits per heavy atom. The molecule has 0 fully saturated rings. The van der Waals surface area contributed by atoms with Crippen molar-refractivity contribution in [2.45, 2.75) is 51.6 Å². The molecule has 7 nitrogen and oxygen atoms in total. The van der Waals surface area contributed by atoms with Crippen molar-refractivity contribution < 1.29 is 13.2 Å². The molecule has 0 aliphatic carbocycles. The van der Waals surface area contributed by atoms with Gasteiger partial charge in [0.1, 0.15) is 0 Å². The Kier molecular flexibility index (Phi) is 6.56. The van der Waals surface area contributed by atoms with Crippen LogP contribution in [-0.2, 0) is 16.6 Å². The quantitative estimate of drug-likeness (QED) is 0.671. The fourth-order valence-corrected chi connectivity index (χ4v) is 3.90. The Morgan fingerprint density at radius 2 is 1.81 bits per heavy atom. The van der Waals surface area contributed by atoms with Gasteiger partial charge in [-0.15, -0.1) is 0 Å². The lowest BCUT2D eigenvalue weighted by Crippen LogP contribution is -2.32. The predicted octanol–water partition coefficient (Wildman–Crippen LogP) is 2.00. The minimum absolute atomic E-state index is 0.0932. The molecule has 1 aromatic carbocycles. The highest BCUT2D eigenvalue weighted by atomic mass is 32.2. The van der Waals surface area contributed by atoms with Gasteiger partial charge in [-0.05, 0) is 63.1 Å². The number of amides is 1. The number of pyridine rings is 1. The number of nitrogens with one attached hydrogen (secondary N) is 3. The number of aromatic amines is 1. The van der Waals surface area contributed by atoms with Crippen LogP contribution in [0.2, 0.25) is 0 Å². The molecular weight excluding hydrogens is 366 g/mol. The van der Waals surface area contributed by atoms with Gasteiger partial charge in [-0.3, -0.25) is 9.59 Å². The van der Waals surface area contributed by atoms with E-state index in [2.05, 4.69) is 15.0 Å². The summed E-state index contributed by atoms with van der Waals surface area (Å²) in [6.07, 6.45) is 0.678. The van der Waals surface area contributed by atoms with E-state index in [0.717, 1.165) is 11.3 Å². The van der Waals surface area contributed by atoms with Crippen LogP contribution in [0.15, 0.2) is 40.0 Å². The molecule has 8 heteroatoms. The molecule has 27 heavy (non-hydrogen) atoms. The standard InChI is InChI=1S/C19H25N3O4S/c1-5-13(3)22-27(25,26)16-8-6-15(7-9-16)18(23)20-11-17-12(2)10-14(4)21-19(17)24/h6-10,13,22H,5,11H2,1-4H3,(H,20,23)(H,21,24)/t13-/m0/s1. The third kappa shape index (κ3) is 5.27. The van der Waals surface area contributed by atoms with Gasteiger partial charge in [0, 0.05) is 29.4 Å². The largest absolute Gasteiger partial charge is 0.348 e. The van der Waals surface area contributed by atoms with E-state index in [4.69, 9.17) is 0 Å². The van der Waals surface area contributed by atoms with Crippen molar-refractivity contribution >= 4 is 15.9 Å². The minimum atomic E-state index is -3.61. The van der Waals surface area contributed by atoms with Crippen LogP contribution in [-0.4, -0.2) is 25.4 Å². The Balaban J connectivity index is 2.09. The van der Waals surface area contributed by atoms with Crippen molar-refractivity contribution in [3.63, 3.8) is 0 Å². The molecule has 0 bridgehead atoms. The summed E-state index contributed by atoms with van der Waals surface area (Å²) in [5, 5.41) is 2.69. The van der Waals surface area contributed by atoms with Gasteiger partial charge in [-0.2, -0.15) is 0 Å². The number of sulfonamides is 1. The molecule has 0 aliphatic rings. The first-order valence-corrected chi connectivity index (χ1v) is 10.2. The van der Waals surface area contributed by atoms with Gasteiger partial charge in [0.05, 0.1) is 4.90 Å². The number of carbonyl (C=O) groups excluding carboxylic acids is 1. The van der Waals surface area contributed by atoms with Gasteiger partial charge in [0.15, 0.2) is 0 Å². The van der Waals surface area contributed by atoms with Gasteiger partial charge in [0.2, 0.25) is 10.0 Å². The summed E-state index contributed by atoms with van der Waals surface area (Å²) in [7, 11) is -3.61. The van der Waals surface area contributed by atoms with E-state index in [1.165, 1.54) is 24.3 Å². The maximum Gasteiger partial charge on any atom is 0.253 e. The molecule has 1 amide bonds. The van der Waals surface area contributed by atoms with Crippen LogP contribution in [0, 0.1) is 13.8 Å². The number of hydrogen-bond donors (Lipinski definition) is 3. The summed E-state index contributed by atoms with van der Waals surface area (Å²) in [5.74, 6) is -0.381. The average Bonchev–Trinajstić information content (AvgIpc) is 2.60. The molecule has 146 valence electrons. The molecular formula is C19H25N3O4S. The molecule has 3 N–H and O–H groups in total. The Hall–Kier alpha value is -2.45. The molecule has 0 aliphatic heterocycles. The van der Waals surface area contributed by atoms with Crippen molar-refractivity contribution in [1.82, 2.24) is 15.0 Å². The molecule has 0 saturated carbocycles. The average molecular weight is 391 g/mol. The SMILES string of the molecule is CC[C@H](C)NS(=O)(=O)c1ccc(C(=O)NCc2c(C)cc(C)[nH]c2=O)cc1. The van der Waals surface area contributed by atoms with E-state index in [0.29, 0.717) is 17.5 Å². The molecule has 1 atom stereocenters. The first-order chi connectivity index (χ1) is 12.6. The van der Waals surface area contributed by atoms with Crippen LogP contribution in [0.3, 0.4) is 0 Å². The monoisotopic (exact) mass is 391 g/mol. The first-order valence-electron chi connectivity index (χ1n) is 8.74. The highest BCUT2D eigenvalue weighted by Crippen LogP contribution is 2.12. The lowest BCUT2D eigenvalue weighted by atomic mass is 10.1. The molecule has 2 aromatic rings. The topological polar surface area (TPSA) is 108 Å². The predicted molar refractivity (Wildman–Crippen MR) is 104 cm³/mol. The summed E-state index contributed by atoms with van der Waals surface area (Å²) >= 11 is 0. The maximum absolute atomic E-state index is 12.3. The highest BCUT2D eigenvalue weighted by molar-refractivity contribution is 7.89. The van der Waals surface area contributed by atoms with Gasteiger partial charge < -0.3 is 10.3 Å². The number of H-pyrrole nitrogens is 1. The molecule has 0 saturated heterocycles. The van der Waals surface area contributed by atoms with E-state index >= 15 is 0 Å². The van der Waals surface area contributed by atoms with E-state index in [-0.39, 0.29) is 28.9 Å². The molecule has 0 unspecified atom stereocenters. The fourth-order valence-electron chi connectivity index (χ4n) is 2.57. The Bertz CT molecular complexity index is 979. The fraction of sp³-hybridized carbons (Fsp3) is 0.368. The molecule has 0 spiro atoms. The van der Waals surface area contributed by atoms with Gasteiger partial charge in [-0.1, -0.05) is 6.92 Å². The second kappa shape index (κ2) is 8.49. The van der Waals surface area contributed by atoms with Crippen LogP contribution in [0.5, 0.6) is 0 Å². The molecule has 1 aromatic heterocycles. The third-order valence-corrected chi connectivity index (χ3v) is 5.92. The first kappa shape index (κ1) is 20.9. The van der Waals surface area contributed by atoms with Crippen LogP contribution < -0.4 is 15.6 Å². The molecule has 0 radical (unpaired) electrons. The molecule has 2 rings (SSSR count). The molecule has 1 heterocycles. The van der Waals surface area contributed by atoms with E-state index in [1.54, 1.807) is 13.8 Å². The zero-order valence-corrected chi connectivity index (χ0v) is 16.7. The van der Waals surface area contributed by atoms with Crippen molar-refractivity contribution in [2.75, 3.05) is 0 Å². The number of benzene rings is 1. The number of aryl methyl sites for hydroxylation is 2.